The predicted molar refractivity (Wildman–Crippen MR) is 75.8 cm³/mol. The summed E-state index contributed by atoms with van der Waals surface area (Å²) in [6.45, 7) is 7.21. The summed E-state index contributed by atoms with van der Waals surface area (Å²) in [4.78, 5) is 0. The minimum atomic E-state index is 0.474. The molecule has 2 aromatic rings. The van der Waals surface area contributed by atoms with E-state index in [9.17, 15) is 0 Å². The fraction of sp³-hybridized carbons (Fsp3) is 0.571. The average molecular weight is 261 g/mol. The van der Waals surface area contributed by atoms with Crippen LogP contribution >= 0.6 is 0 Å². The van der Waals surface area contributed by atoms with Crippen LogP contribution in [0.3, 0.4) is 0 Å². The highest BCUT2D eigenvalue weighted by Gasteiger charge is 2.10. The van der Waals surface area contributed by atoms with Crippen molar-refractivity contribution in [2.75, 3.05) is 6.54 Å². The van der Waals surface area contributed by atoms with Crippen LogP contribution < -0.4 is 5.32 Å². The topological polar surface area (TPSA) is 47.7 Å². The number of nitrogens with one attached hydrogen (secondary N) is 1. The average Bonchev–Trinajstić information content (AvgIpc) is 2.98. The van der Waals surface area contributed by atoms with Crippen molar-refractivity contribution in [3.63, 3.8) is 0 Å². The lowest BCUT2D eigenvalue weighted by Crippen LogP contribution is -2.17. The van der Waals surface area contributed by atoms with E-state index in [-0.39, 0.29) is 0 Å². The molecular weight excluding hydrogens is 238 g/mol. The molecule has 0 bridgehead atoms. The van der Waals surface area contributed by atoms with Crippen molar-refractivity contribution in [2.45, 2.75) is 39.3 Å². The molecule has 2 rings (SSSR count). The van der Waals surface area contributed by atoms with Gasteiger partial charge in [0.2, 0.25) is 0 Å². The van der Waals surface area contributed by atoms with Gasteiger partial charge in [0.1, 0.15) is 0 Å². The van der Waals surface area contributed by atoms with Crippen LogP contribution in [0.4, 0.5) is 0 Å². The monoisotopic (exact) mass is 261 g/mol. The first kappa shape index (κ1) is 13.8. The van der Waals surface area contributed by atoms with Gasteiger partial charge in [0.25, 0.3) is 0 Å². The molecule has 0 saturated carbocycles. The fourth-order valence-electron chi connectivity index (χ4n) is 2.20. The van der Waals surface area contributed by atoms with E-state index >= 15 is 0 Å². The van der Waals surface area contributed by atoms with Crippen molar-refractivity contribution < 1.29 is 0 Å². The van der Waals surface area contributed by atoms with E-state index in [0.717, 1.165) is 26.1 Å². The number of nitrogens with zero attached hydrogens (tertiary/aromatic N) is 4. The van der Waals surface area contributed by atoms with Crippen molar-refractivity contribution >= 4 is 0 Å². The van der Waals surface area contributed by atoms with Crippen LogP contribution in [0.5, 0.6) is 0 Å². The van der Waals surface area contributed by atoms with E-state index in [4.69, 9.17) is 0 Å². The van der Waals surface area contributed by atoms with Gasteiger partial charge in [0, 0.05) is 44.3 Å². The van der Waals surface area contributed by atoms with Gasteiger partial charge in [-0.05, 0) is 24.9 Å². The number of aryl methyl sites for hydroxylation is 2. The Morgan fingerprint density at radius 2 is 2.21 bits per heavy atom. The Kier molecular flexibility index (Phi) is 4.74. The van der Waals surface area contributed by atoms with E-state index in [1.54, 1.807) is 0 Å². The molecule has 0 saturated heterocycles. The molecule has 0 radical (unpaired) electrons. The predicted octanol–water partition coefficient (Wildman–Crippen LogP) is 1.92. The van der Waals surface area contributed by atoms with Gasteiger partial charge in [0.15, 0.2) is 0 Å². The van der Waals surface area contributed by atoms with Crippen LogP contribution in [-0.2, 0) is 20.1 Å². The second kappa shape index (κ2) is 6.52. The third-order valence-electron chi connectivity index (χ3n) is 3.10. The number of hydrogen-bond donors (Lipinski definition) is 1. The number of aromatic nitrogens is 4. The van der Waals surface area contributed by atoms with Crippen LogP contribution in [-0.4, -0.2) is 26.1 Å². The maximum absolute atomic E-state index is 4.51. The Hall–Kier alpha value is -1.62. The van der Waals surface area contributed by atoms with E-state index in [1.165, 1.54) is 11.3 Å². The zero-order valence-electron chi connectivity index (χ0n) is 12.0. The largest absolute Gasteiger partial charge is 0.312 e. The quantitative estimate of drug-likeness (QED) is 0.775. The summed E-state index contributed by atoms with van der Waals surface area (Å²) in [7, 11) is 1.98. The summed E-state index contributed by atoms with van der Waals surface area (Å²) in [6.07, 6.45) is 7.00. The molecule has 0 aliphatic heterocycles. The van der Waals surface area contributed by atoms with Gasteiger partial charge in [-0.1, -0.05) is 13.8 Å². The first-order chi connectivity index (χ1) is 9.16. The third kappa shape index (κ3) is 3.92. The van der Waals surface area contributed by atoms with Crippen molar-refractivity contribution in [1.29, 1.82) is 0 Å². The Bertz CT molecular complexity index is 484. The normalized spacial score (nSPS) is 11.4. The van der Waals surface area contributed by atoms with Gasteiger partial charge < -0.3 is 5.32 Å². The molecule has 19 heavy (non-hydrogen) atoms. The van der Waals surface area contributed by atoms with E-state index in [1.807, 2.05) is 34.9 Å². The van der Waals surface area contributed by atoms with Crippen LogP contribution in [0, 0.1) is 0 Å². The summed E-state index contributed by atoms with van der Waals surface area (Å²) in [6, 6.07) is 1.96. The Labute approximate surface area is 114 Å². The minimum Gasteiger partial charge on any atom is -0.312 e. The van der Waals surface area contributed by atoms with Gasteiger partial charge in [-0.2, -0.15) is 10.2 Å². The summed E-state index contributed by atoms with van der Waals surface area (Å²) < 4.78 is 3.86. The van der Waals surface area contributed by atoms with Crippen LogP contribution in [0.2, 0.25) is 0 Å². The van der Waals surface area contributed by atoms with Gasteiger partial charge in [-0.3, -0.25) is 9.36 Å². The van der Waals surface area contributed by atoms with Crippen LogP contribution in [0.25, 0.3) is 0 Å². The highest BCUT2D eigenvalue weighted by Crippen LogP contribution is 2.16. The molecule has 0 aliphatic rings. The highest BCUT2D eigenvalue weighted by molar-refractivity contribution is 5.19. The summed E-state index contributed by atoms with van der Waals surface area (Å²) in [5, 5.41) is 12.2. The number of hydrogen-bond acceptors (Lipinski definition) is 3. The molecule has 0 aliphatic carbocycles. The molecule has 0 atom stereocenters. The summed E-state index contributed by atoms with van der Waals surface area (Å²) in [5.41, 5.74) is 2.50. The van der Waals surface area contributed by atoms with Gasteiger partial charge in [-0.25, -0.2) is 0 Å². The first-order valence-corrected chi connectivity index (χ1v) is 6.87. The van der Waals surface area contributed by atoms with E-state index < -0.39 is 0 Å². The van der Waals surface area contributed by atoms with Gasteiger partial charge >= 0.3 is 0 Å². The molecule has 0 unspecified atom stereocenters. The van der Waals surface area contributed by atoms with Crippen molar-refractivity contribution in [3.8, 4) is 0 Å². The third-order valence-corrected chi connectivity index (χ3v) is 3.10. The second-order valence-electron chi connectivity index (χ2n) is 5.17. The standard InChI is InChI=1S/C14H23N5/c1-12(2)14-13(11-18(3)17-14)10-15-6-4-8-19-9-5-7-16-19/h5,7,9,11-12,15H,4,6,8,10H2,1-3H3. The van der Waals surface area contributed by atoms with Crippen LogP contribution in [0.1, 0.15) is 37.4 Å². The summed E-state index contributed by atoms with van der Waals surface area (Å²) in [5.74, 6) is 0.474. The Balaban J connectivity index is 1.73. The molecule has 1 N–H and O–H groups in total. The lowest BCUT2D eigenvalue weighted by molar-refractivity contribution is 0.542. The maximum atomic E-state index is 4.51. The highest BCUT2D eigenvalue weighted by atomic mass is 15.3. The van der Waals surface area contributed by atoms with Crippen molar-refractivity contribution in [2.24, 2.45) is 7.05 Å². The van der Waals surface area contributed by atoms with E-state index in [0.29, 0.717) is 5.92 Å². The van der Waals surface area contributed by atoms with Crippen LogP contribution in [0.15, 0.2) is 24.7 Å². The number of rotatable bonds is 7. The maximum Gasteiger partial charge on any atom is 0.0694 e. The molecule has 5 nitrogen and oxygen atoms in total. The first-order valence-electron chi connectivity index (χ1n) is 6.87. The smallest absolute Gasteiger partial charge is 0.0694 e. The molecular formula is C14H23N5. The lowest BCUT2D eigenvalue weighted by Gasteiger charge is -2.07. The fourth-order valence-corrected chi connectivity index (χ4v) is 2.20. The lowest BCUT2D eigenvalue weighted by atomic mass is 10.1. The Morgan fingerprint density at radius 1 is 1.37 bits per heavy atom. The zero-order chi connectivity index (χ0) is 13.7. The summed E-state index contributed by atoms with van der Waals surface area (Å²) >= 11 is 0. The Morgan fingerprint density at radius 3 is 2.89 bits per heavy atom. The molecule has 0 fully saturated rings. The van der Waals surface area contributed by atoms with Crippen molar-refractivity contribution in [1.82, 2.24) is 24.9 Å². The zero-order valence-corrected chi connectivity index (χ0v) is 12.0. The molecule has 5 heteroatoms. The minimum absolute atomic E-state index is 0.474. The van der Waals surface area contributed by atoms with Gasteiger partial charge in [0.05, 0.1) is 5.69 Å². The molecule has 0 spiro atoms. The SMILES string of the molecule is CC(C)c1nn(C)cc1CNCCCn1cccn1. The molecule has 104 valence electrons. The van der Waals surface area contributed by atoms with Gasteiger partial charge in [-0.15, -0.1) is 0 Å². The molecule has 2 heterocycles. The van der Waals surface area contributed by atoms with Crippen molar-refractivity contribution in [3.05, 3.63) is 35.9 Å². The van der Waals surface area contributed by atoms with E-state index in [2.05, 4.69) is 35.6 Å². The molecule has 0 amide bonds. The molecule has 0 aromatic carbocycles. The second-order valence-corrected chi connectivity index (χ2v) is 5.17. The molecule has 2 aromatic heterocycles.